The van der Waals surface area contributed by atoms with E-state index in [2.05, 4.69) is 24.5 Å². The van der Waals surface area contributed by atoms with Gasteiger partial charge >= 0.3 is 0 Å². The van der Waals surface area contributed by atoms with E-state index in [-0.39, 0.29) is 23.5 Å². The molecule has 104 valence electrons. The predicted octanol–water partition coefficient (Wildman–Crippen LogP) is 1.45. The minimum Gasteiger partial charge on any atom is -0.363 e. The third-order valence-corrected chi connectivity index (χ3v) is 4.39. The van der Waals surface area contributed by atoms with Crippen LogP contribution >= 0.6 is 0 Å². The molecule has 0 radical (unpaired) electrons. The van der Waals surface area contributed by atoms with Gasteiger partial charge in [0.1, 0.15) is 6.61 Å². The van der Waals surface area contributed by atoms with E-state index in [0.29, 0.717) is 6.04 Å². The fourth-order valence-corrected chi connectivity index (χ4v) is 2.82. The minimum absolute atomic E-state index is 0.0306. The largest absolute Gasteiger partial charge is 0.363 e. The molecular formula is C14H26N2O2. The molecule has 1 saturated carbocycles. The first-order valence-electron chi connectivity index (χ1n) is 7.05. The Labute approximate surface area is 110 Å². The van der Waals surface area contributed by atoms with Crippen LogP contribution < -0.4 is 10.6 Å². The van der Waals surface area contributed by atoms with Gasteiger partial charge in [0, 0.05) is 19.1 Å². The molecule has 4 nitrogen and oxygen atoms in total. The van der Waals surface area contributed by atoms with E-state index in [0.717, 1.165) is 19.5 Å². The average molecular weight is 254 g/mol. The van der Waals surface area contributed by atoms with Gasteiger partial charge in [-0.3, -0.25) is 4.79 Å². The second-order valence-electron chi connectivity index (χ2n) is 6.70. The van der Waals surface area contributed by atoms with Crippen molar-refractivity contribution in [1.29, 1.82) is 0 Å². The Morgan fingerprint density at radius 1 is 1.33 bits per heavy atom. The molecule has 1 atom stereocenters. The van der Waals surface area contributed by atoms with Crippen molar-refractivity contribution < 1.29 is 9.53 Å². The first-order valence-corrected chi connectivity index (χ1v) is 7.05. The molecule has 0 aromatic heterocycles. The van der Waals surface area contributed by atoms with Crippen LogP contribution in [-0.4, -0.2) is 37.2 Å². The highest BCUT2D eigenvalue weighted by Gasteiger charge is 2.35. The zero-order chi connectivity index (χ0) is 13.2. The fraction of sp³-hybridized carbons (Fsp3) is 0.929. The lowest BCUT2D eigenvalue weighted by Crippen LogP contribution is -2.60. The number of rotatable bonds is 4. The summed E-state index contributed by atoms with van der Waals surface area (Å²) in [4.78, 5) is 11.9. The molecule has 1 amide bonds. The topological polar surface area (TPSA) is 50.4 Å². The van der Waals surface area contributed by atoms with Crippen LogP contribution in [0, 0.1) is 5.41 Å². The van der Waals surface area contributed by atoms with Crippen LogP contribution in [0.5, 0.6) is 0 Å². The smallest absolute Gasteiger partial charge is 0.246 e. The summed E-state index contributed by atoms with van der Waals surface area (Å²) >= 11 is 0. The molecule has 0 spiro atoms. The first-order chi connectivity index (χ1) is 8.41. The van der Waals surface area contributed by atoms with Crippen molar-refractivity contribution in [3.8, 4) is 0 Å². The van der Waals surface area contributed by atoms with E-state index in [4.69, 9.17) is 4.74 Å². The molecule has 2 aliphatic rings. The summed E-state index contributed by atoms with van der Waals surface area (Å²) in [6.45, 7) is 8.40. The second kappa shape index (κ2) is 5.17. The van der Waals surface area contributed by atoms with E-state index in [9.17, 15) is 4.79 Å². The number of hydrogen-bond donors (Lipinski definition) is 2. The maximum absolute atomic E-state index is 11.9. The monoisotopic (exact) mass is 254 g/mol. The maximum Gasteiger partial charge on any atom is 0.246 e. The number of ether oxygens (including phenoxy) is 1. The third-order valence-electron chi connectivity index (χ3n) is 4.39. The second-order valence-corrected chi connectivity index (χ2v) is 6.70. The van der Waals surface area contributed by atoms with Crippen LogP contribution in [0.25, 0.3) is 0 Å². The van der Waals surface area contributed by atoms with Crippen LogP contribution in [0.4, 0.5) is 0 Å². The summed E-state index contributed by atoms with van der Waals surface area (Å²) in [6.07, 6.45) is 4.79. The lowest BCUT2D eigenvalue weighted by Gasteiger charge is -2.40. The van der Waals surface area contributed by atoms with Crippen LogP contribution in [-0.2, 0) is 9.53 Å². The van der Waals surface area contributed by atoms with Gasteiger partial charge in [0.25, 0.3) is 0 Å². The SMILES string of the molecule is CC1(OCC(=O)NC2CCCCC2(C)C)CNC1. The Balaban J connectivity index is 1.76. The molecule has 1 heterocycles. The zero-order valence-corrected chi connectivity index (χ0v) is 11.8. The Morgan fingerprint density at radius 2 is 2.06 bits per heavy atom. The maximum atomic E-state index is 11.9. The van der Waals surface area contributed by atoms with E-state index >= 15 is 0 Å². The third kappa shape index (κ3) is 3.23. The van der Waals surface area contributed by atoms with E-state index in [1.807, 2.05) is 6.92 Å². The van der Waals surface area contributed by atoms with Gasteiger partial charge in [0.15, 0.2) is 0 Å². The fourth-order valence-electron chi connectivity index (χ4n) is 2.82. The summed E-state index contributed by atoms with van der Waals surface area (Å²) in [6, 6.07) is 0.301. The van der Waals surface area contributed by atoms with Crippen LogP contribution in [0.1, 0.15) is 46.5 Å². The van der Waals surface area contributed by atoms with Crippen LogP contribution in [0.15, 0.2) is 0 Å². The van der Waals surface area contributed by atoms with Crippen molar-refractivity contribution in [2.45, 2.75) is 58.1 Å². The predicted molar refractivity (Wildman–Crippen MR) is 71.4 cm³/mol. The number of nitrogens with one attached hydrogen (secondary N) is 2. The molecule has 1 saturated heterocycles. The summed E-state index contributed by atoms with van der Waals surface area (Å²) in [5, 5.41) is 6.31. The van der Waals surface area contributed by atoms with Crippen molar-refractivity contribution in [3.63, 3.8) is 0 Å². The van der Waals surface area contributed by atoms with E-state index in [1.165, 1.54) is 19.3 Å². The molecule has 1 aliphatic heterocycles. The number of carbonyl (C=O) groups is 1. The standard InChI is InChI=1S/C14H26N2O2/c1-13(2)7-5-4-6-11(13)16-12(17)8-18-14(3)9-15-10-14/h11,15H,4-10H2,1-3H3,(H,16,17). The molecule has 2 fully saturated rings. The van der Waals surface area contributed by atoms with Gasteiger partial charge in [0.05, 0.1) is 5.60 Å². The normalized spacial score (nSPS) is 29.4. The van der Waals surface area contributed by atoms with Gasteiger partial charge in [-0.2, -0.15) is 0 Å². The summed E-state index contributed by atoms with van der Waals surface area (Å²) in [7, 11) is 0. The van der Waals surface area contributed by atoms with E-state index in [1.54, 1.807) is 0 Å². The Kier molecular flexibility index (Phi) is 3.97. The Hall–Kier alpha value is -0.610. The van der Waals surface area contributed by atoms with Crippen molar-refractivity contribution in [2.75, 3.05) is 19.7 Å². The molecular weight excluding hydrogens is 228 g/mol. The van der Waals surface area contributed by atoms with Gasteiger partial charge in [-0.05, 0) is 25.2 Å². The highest BCUT2D eigenvalue weighted by molar-refractivity contribution is 5.77. The van der Waals surface area contributed by atoms with Gasteiger partial charge < -0.3 is 15.4 Å². The van der Waals surface area contributed by atoms with Crippen molar-refractivity contribution in [3.05, 3.63) is 0 Å². The number of amides is 1. The molecule has 0 bridgehead atoms. The molecule has 2 rings (SSSR count). The molecule has 0 aromatic carbocycles. The van der Waals surface area contributed by atoms with Crippen LogP contribution in [0.2, 0.25) is 0 Å². The van der Waals surface area contributed by atoms with E-state index < -0.39 is 0 Å². The molecule has 18 heavy (non-hydrogen) atoms. The molecule has 1 unspecified atom stereocenters. The van der Waals surface area contributed by atoms with Crippen molar-refractivity contribution in [2.24, 2.45) is 5.41 Å². The van der Waals surface area contributed by atoms with Gasteiger partial charge in [-0.15, -0.1) is 0 Å². The zero-order valence-electron chi connectivity index (χ0n) is 11.8. The molecule has 4 heteroatoms. The van der Waals surface area contributed by atoms with Crippen LogP contribution in [0.3, 0.4) is 0 Å². The highest BCUT2D eigenvalue weighted by atomic mass is 16.5. The highest BCUT2D eigenvalue weighted by Crippen LogP contribution is 2.35. The van der Waals surface area contributed by atoms with Gasteiger partial charge in [-0.25, -0.2) is 0 Å². The molecule has 2 N–H and O–H groups in total. The molecule has 0 aromatic rings. The Morgan fingerprint density at radius 3 is 2.61 bits per heavy atom. The van der Waals surface area contributed by atoms with Gasteiger partial charge in [-0.1, -0.05) is 26.7 Å². The quantitative estimate of drug-likeness (QED) is 0.798. The summed E-state index contributed by atoms with van der Waals surface area (Å²) in [5.41, 5.74) is 0.0786. The Bertz CT molecular complexity index is 311. The molecule has 1 aliphatic carbocycles. The average Bonchev–Trinajstić information content (AvgIpc) is 2.27. The van der Waals surface area contributed by atoms with Crippen molar-refractivity contribution >= 4 is 5.91 Å². The van der Waals surface area contributed by atoms with Crippen molar-refractivity contribution in [1.82, 2.24) is 10.6 Å². The first kappa shape index (κ1) is 13.8. The number of hydrogen-bond acceptors (Lipinski definition) is 3. The van der Waals surface area contributed by atoms with Gasteiger partial charge in [0.2, 0.25) is 5.91 Å². The lowest BCUT2D eigenvalue weighted by molar-refractivity contribution is -0.137. The lowest BCUT2D eigenvalue weighted by atomic mass is 9.73. The summed E-state index contributed by atoms with van der Waals surface area (Å²) < 4.78 is 5.66. The summed E-state index contributed by atoms with van der Waals surface area (Å²) in [5.74, 6) is 0.0306. The number of carbonyl (C=O) groups excluding carboxylic acids is 1. The minimum atomic E-state index is -0.139.